The maximum atomic E-state index is 14.2. The number of aliphatic hydroxyl groups excluding tert-OH is 3. The van der Waals surface area contributed by atoms with Gasteiger partial charge in [0.15, 0.2) is 11.4 Å². The van der Waals surface area contributed by atoms with E-state index in [-0.39, 0.29) is 11.3 Å². The molecule has 1 heterocycles. The number of likely N-dealkylation sites (N-methyl/N-ethyl adjacent to an activating group) is 1. The molecule has 1 unspecified atom stereocenters. The number of ketones is 2. The predicted molar refractivity (Wildman–Crippen MR) is 154 cm³/mol. The number of amides is 1. The molecule has 6 atom stereocenters. The SMILES string of the molecule is C[C@H]1c2ccc(C(C)(C)CCCn3ccnc3)c(O)c2C(=O)C2=C(O)[C@]3(O)C(=O)C(C(N)=O)=C(O)C(N(C)C)[C@@H]3[C@@H](O)[C@@H]21. The van der Waals surface area contributed by atoms with Gasteiger partial charge < -0.3 is 35.8 Å². The minimum Gasteiger partial charge on any atom is -0.510 e. The van der Waals surface area contributed by atoms with Crippen molar-refractivity contribution in [2.75, 3.05) is 14.1 Å². The number of hydrogen-bond acceptors (Lipinski definition) is 10. The number of benzene rings is 1. The molecule has 0 radical (unpaired) electrons. The van der Waals surface area contributed by atoms with E-state index in [1.165, 1.54) is 19.0 Å². The Balaban J connectivity index is 1.63. The molecule has 0 bridgehead atoms. The number of Topliss-reactive ketones (excluding diaryl/α,β-unsaturated/α-hetero) is 2. The zero-order valence-electron chi connectivity index (χ0n) is 24.8. The van der Waals surface area contributed by atoms with E-state index in [2.05, 4.69) is 4.98 Å². The molecular weight excluding hydrogens is 556 g/mol. The molecule has 1 amide bonds. The molecule has 43 heavy (non-hydrogen) atoms. The Morgan fingerprint density at radius 3 is 2.44 bits per heavy atom. The number of carbonyl (C=O) groups is 3. The van der Waals surface area contributed by atoms with Gasteiger partial charge in [-0.1, -0.05) is 32.9 Å². The number of phenolic OH excluding ortho intramolecular Hbond substituents is 1. The summed E-state index contributed by atoms with van der Waals surface area (Å²) in [4.78, 5) is 45.4. The van der Waals surface area contributed by atoms with Crippen molar-refractivity contribution in [1.29, 1.82) is 0 Å². The average molecular weight is 595 g/mol. The van der Waals surface area contributed by atoms with Crippen molar-refractivity contribution in [2.24, 2.45) is 17.6 Å². The normalized spacial score (nSPS) is 29.1. The van der Waals surface area contributed by atoms with E-state index in [1.54, 1.807) is 31.6 Å². The molecule has 0 spiro atoms. The van der Waals surface area contributed by atoms with Gasteiger partial charge >= 0.3 is 0 Å². The number of aliphatic hydroxyl groups is 4. The zero-order chi connectivity index (χ0) is 31.8. The summed E-state index contributed by atoms with van der Waals surface area (Å²) in [5.74, 6) is -8.93. The number of aromatic hydroxyl groups is 1. The average Bonchev–Trinajstić information content (AvgIpc) is 3.43. The summed E-state index contributed by atoms with van der Waals surface area (Å²) < 4.78 is 1.95. The molecule has 0 saturated heterocycles. The number of rotatable bonds is 7. The van der Waals surface area contributed by atoms with Crippen LogP contribution in [0.3, 0.4) is 0 Å². The van der Waals surface area contributed by atoms with Gasteiger partial charge in [-0.05, 0) is 43.8 Å². The monoisotopic (exact) mass is 594 g/mol. The van der Waals surface area contributed by atoms with Crippen LogP contribution >= 0.6 is 0 Å². The number of hydrogen-bond donors (Lipinski definition) is 6. The van der Waals surface area contributed by atoms with Crippen molar-refractivity contribution in [3.63, 3.8) is 0 Å². The number of aryl methyl sites for hydroxylation is 1. The van der Waals surface area contributed by atoms with Crippen molar-refractivity contribution in [3.8, 4) is 5.75 Å². The Morgan fingerprint density at radius 1 is 1.19 bits per heavy atom. The third-order valence-electron chi connectivity index (χ3n) is 9.64. The lowest BCUT2D eigenvalue weighted by atomic mass is 9.55. The van der Waals surface area contributed by atoms with E-state index in [0.29, 0.717) is 24.1 Å². The van der Waals surface area contributed by atoms with Crippen LogP contribution in [0.2, 0.25) is 0 Å². The van der Waals surface area contributed by atoms with Crippen molar-refractivity contribution < 1.29 is 39.9 Å². The third kappa shape index (κ3) is 4.30. The first-order valence-corrected chi connectivity index (χ1v) is 14.2. The van der Waals surface area contributed by atoms with E-state index in [0.717, 1.165) is 6.42 Å². The summed E-state index contributed by atoms with van der Waals surface area (Å²) in [5, 5.41) is 57.7. The molecule has 0 fully saturated rings. The van der Waals surface area contributed by atoms with Gasteiger partial charge in [0.1, 0.15) is 22.8 Å². The highest BCUT2D eigenvalue weighted by atomic mass is 16.4. The van der Waals surface area contributed by atoms with Crippen LogP contribution in [0.5, 0.6) is 5.75 Å². The first-order valence-electron chi connectivity index (χ1n) is 14.2. The molecule has 230 valence electrons. The maximum Gasteiger partial charge on any atom is 0.255 e. The van der Waals surface area contributed by atoms with Gasteiger partial charge in [0, 0.05) is 36.0 Å². The van der Waals surface area contributed by atoms with Gasteiger partial charge in [0.05, 0.1) is 30.0 Å². The van der Waals surface area contributed by atoms with Crippen LogP contribution < -0.4 is 5.73 Å². The second-order valence-electron chi connectivity index (χ2n) is 12.8. The van der Waals surface area contributed by atoms with Crippen LogP contribution in [0.15, 0.2) is 53.5 Å². The molecule has 2 aromatic rings. The number of fused-ring (bicyclic) bond motifs is 3. The first-order chi connectivity index (χ1) is 20.1. The first kappa shape index (κ1) is 30.5. The summed E-state index contributed by atoms with van der Waals surface area (Å²) in [6.45, 7) is 6.32. The topological polar surface area (TPSA) is 199 Å². The molecule has 1 aromatic carbocycles. The third-order valence-corrected chi connectivity index (χ3v) is 9.64. The lowest BCUT2D eigenvalue weighted by Gasteiger charge is -2.53. The molecule has 5 rings (SSSR count). The van der Waals surface area contributed by atoms with Gasteiger partial charge in [-0.2, -0.15) is 0 Å². The van der Waals surface area contributed by atoms with Crippen molar-refractivity contribution in [2.45, 2.75) is 69.2 Å². The van der Waals surface area contributed by atoms with Crippen LogP contribution in [-0.2, 0) is 21.5 Å². The number of phenols is 1. The standard InChI is InChI=1S/C31H38N4O8/c1-14-15-7-8-16(30(2,3)9-6-11-35-12-10-33-13-35)23(36)18(15)24(37)19-17(14)25(38)21-22(34(4)5)26(39)20(29(32)42)28(41)31(21,43)27(19)40/h7-8,10,12-14,17,21-22,25,36,38-40,43H,6,9,11H2,1-5H3,(H2,32,42)/t14-,17+,21+,22?,25-,31-/m0/s1. The van der Waals surface area contributed by atoms with Crippen LogP contribution in [-0.4, -0.2) is 89.3 Å². The van der Waals surface area contributed by atoms with Gasteiger partial charge in [0.2, 0.25) is 5.78 Å². The molecule has 0 aliphatic heterocycles. The van der Waals surface area contributed by atoms with Crippen LogP contribution in [0.25, 0.3) is 0 Å². The van der Waals surface area contributed by atoms with Gasteiger partial charge in [-0.25, -0.2) is 4.98 Å². The quantitative estimate of drug-likeness (QED) is 0.256. The van der Waals surface area contributed by atoms with Crippen LogP contribution in [0, 0.1) is 11.8 Å². The molecule has 0 saturated carbocycles. The second kappa shape index (κ2) is 10.3. The number of nitrogens with zero attached hydrogens (tertiary/aromatic N) is 3. The van der Waals surface area contributed by atoms with Crippen molar-refractivity contribution in [1.82, 2.24) is 14.5 Å². The fraction of sp³-hybridized carbons (Fsp3) is 0.484. The number of aromatic nitrogens is 2. The summed E-state index contributed by atoms with van der Waals surface area (Å²) in [5.41, 5.74) is 1.39. The Labute approximate surface area is 248 Å². The minimum atomic E-state index is -2.94. The molecule has 7 N–H and O–H groups in total. The van der Waals surface area contributed by atoms with Crippen LogP contribution in [0.4, 0.5) is 0 Å². The lowest BCUT2D eigenvalue weighted by molar-refractivity contribution is -0.162. The fourth-order valence-corrected chi connectivity index (χ4v) is 7.43. The van der Waals surface area contributed by atoms with E-state index in [1.807, 2.05) is 24.6 Å². The molecule has 12 nitrogen and oxygen atoms in total. The predicted octanol–water partition coefficient (Wildman–Crippen LogP) is 1.61. The van der Waals surface area contributed by atoms with Gasteiger partial charge in [-0.3, -0.25) is 19.3 Å². The smallest absolute Gasteiger partial charge is 0.255 e. The van der Waals surface area contributed by atoms with E-state index >= 15 is 0 Å². The summed E-state index contributed by atoms with van der Waals surface area (Å²) in [6.07, 6.45) is 5.07. The molecular formula is C31H38N4O8. The van der Waals surface area contributed by atoms with E-state index in [4.69, 9.17) is 5.73 Å². The maximum absolute atomic E-state index is 14.2. The van der Waals surface area contributed by atoms with Crippen molar-refractivity contribution >= 4 is 17.5 Å². The number of primary amides is 1. The number of imidazole rings is 1. The zero-order valence-corrected chi connectivity index (χ0v) is 24.8. The van der Waals surface area contributed by atoms with E-state index < -0.39 is 81.1 Å². The lowest BCUT2D eigenvalue weighted by Crippen LogP contribution is -2.68. The second-order valence-corrected chi connectivity index (χ2v) is 12.8. The summed E-state index contributed by atoms with van der Waals surface area (Å²) in [7, 11) is 3.00. The Morgan fingerprint density at radius 2 is 1.86 bits per heavy atom. The van der Waals surface area contributed by atoms with Gasteiger partial charge in [-0.15, -0.1) is 0 Å². The molecule has 12 heteroatoms. The Hall–Kier alpha value is -4.00. The fourth-order valence-electron chi connectivity index (χ4n) is 7.43. The highest BCUT2D eigenvalue weighted by molar-refractivity contribution is 6.25. The van der Waals surface area contributed by atoms with Gasteiger partial charge in [0.25, 0.3) is 5.91 Å². The van der Waals surface area contributed by atoms with Crippen molar-refractivity contribution in [3.05, 3.63) is 70.2 Å². The highest BCUT2D eigenvalue weighted by Gasteiger charge is 2.67. The Bertz CT molecular complexity index is 1570. The molecule has 3 aliphatic carbocycles. The van der Waals surface area contributed by atoms with Crippen LogP contribution in [0.1, 0.15) is 61.0 Å². The number of nitrogens with two attached hydrogens (primary N) is 1. The largest absolute Gasteiger partial charge is 0.510 e. The number of carbonyl (C=O) groups excluding carboxylic acids is 3. The highest BCUT2D eigenvalue weighted by Crippen LogP contribution is 2.56. The van der Waals surface area contributed by atoms with E-state index in [9.17, 15) is 39.9 Å². The summed E-state index contributed by atoms with van der Waals surface area (Å²) >= 11 is 0. The summed E-state index contributed by atoms with van der Waals surface area (Å²) in [6, 6.07) is 2.19. The molecule has 3 aliphatic rings. The Kier molecular flexibility index (Phi) is 7.31. The molecule has 1 aromatic heterocycles. The minimum absolute atomic E-state index is 0.0827.